The minimum Gasteiger partial charge on any atom is -0.437 e. The molecule has 1 aliphatic rings. The van der Waals surface area contributed by atoms with Gasteiger partial charge in [0.15, 0.2) is 16.6 Å². The fourth-order valence-electron chi connectivity index (χ4n) is 3.53. The van der Waals surface area contributed by atoms with Crippen LogP contribution in [-0.2, 0) is 24.0 Å². The first-order chi connectivity index (χ1) is 12.9. The molecule has 0 aromatic carbocycles. The smallest absolute Gasteiger partial charge is 0.437 e. The van der Waals surface area contributed by atoms with Crippen molar-refractivity contribution in [1.82, 2.24) is 4.98 Å². The summed E-state index contributed by atoms with van der Waals surface area (Å²) < 4.78 is 25.6. The maximum absolute atomic E-state index is 6.62. The van der Waals surface area contributed by atoms with Gasteiger partial charge in [-0.05, 0) is 104 Å². The number of rotatable bonds is 8. The van der Waals surface area contributed by atoms with Crippen molar-refractivity contribution in [3.63, 3.8) is 0 Å². The number of pyridine rings is 1. The van der Waals surface area contributed by atoms with E-state index < -0.39 is 25.2 Å². The van der Waals surface area contributed by atoms with Gasteiger partial charge in [-0.2, -0.15) is 0 Å². The Morgan fingerprint density at radius 3 is 1.83 bits per heavy atom. The highest BCUT2D eigenvalue weighted by Crippen LogP contribution is 2.36. The van der Waals surface area contributed by atoms with Gasteiger partial charge in [-0.1, -0.05) is 0 Å². The van der Waals surface area contributed by atoms with Crippen LogP contribution in [0, 0.1) is 0 Å². The molecule has 0 spiro atoms. The van der Waals surface area contributed by atoms with Crippen LogP contribution in [0.15, 0.2) is 18.3 Å². The van der Waals surface area contributed by atoms with Gasteiger partial charge in [0.25, 0.3) is 0 Å². The largest absolute Gasteiger partial charge is 0.494 e. The molecule has 29 heavy (non-hydrogen) atoms. The van der Waals surface area contributed by atoms with Crippen LogP contribution >= 0.6 is 0 Å². The maximum Gasteiger partial charge on any atom is 0.494 e. The first-order valence-corrected chi connectivity index (χ1v) is 20.0. The van der Waals surface area contributed by atoms with E-state index >= 15 is 0 Å². The van der Waals surface area contributed by atoms with Crippen LogP contribution in [-0.4, -0.2) is 48.5 Å². The molecule has 164 valence electrons. The Kier molecular flexibility index (Phi) is 7.17. The van der Waals surface area contributed by atoms with E-state index in [9.17, 15) is 0 Å². The van der Waals surface area contributed by atoms with Gasteiger partial charge in [0, 0.05) is 11.9 Å². The van der Waals surface area contributed by atoms with E-state index in [-0.39, 0.29) is 18.3 Å². The third kappa shape index (κ3) is 7.12. The van der Waals surface area contributed by atoms with Crippen molar-refractivity contribution in [3.05, 3.63) is 24.0 Å². The van der Waals surface area contributed by atoms with Crippen LogP contribution in [0.25, 0.3) is 0 Å². The van der Waals surface area contributed by atoms with Gasteiger partial charge in [0.2, 0.25) is 0 Å². The summed E-state index contributed by atoms with van der Waals surface area (Å²) in [6.45, 7) is 24.0. The van der Waals surface area contributed by atoms with Crippen LogP contribution < -0.4 is 5.46 Å². The molecule has 5 nitrogen and oxygen atoms in total. The van der Waals surface area contributed by atoms with E-state index in [2.05, 4.69) is 84.6 Å². The average Bonchev–Trinajstić information content (AvgIpc) is 2.70. The molecule has 0 aliphatic carbocycles. The summed E-state index contributed by atoms with van der Waals surface area (Å²) >= 11 is 0. The van der Waals surface area contributed by atoms with E-state index in [1.165, 1.54) is 0 Å². The van der Waals surface area contributed by atoms with Crippen LogP contribution in [0.5, 0.6) is 0 Å². The zero-order valence-electron chi connectivity index (χ0n) is 20.3. The highest BCUT2D eigenvalue weighted by molar-refractivity contribution is 6.87. The van der Waals surface area contributed by atoms with Gasteiger partial charge < -0.3 is 17.5 Å². The number of nitrogens with zero attached hydrogens (tertiary/aromatic N) is 1. The Labute approximate surface area is 181 Å². The topological polar surface area (TPSA) is 49.8 Å². The zero-order valence-corrected chi connectivity index (χ0v) is 23.3. The summed E-state index contributed by atoms with van der Waals surface area (Å²) in [4.78, 5) is 4.60. The fraction of sp³-hybridized carbons (Fsp3) is 0.750. The van der Waals surface area contributed by atoms with Crippen molar-refractivity contribution in [1.29, 1.82) is 0 Å². The quantitative estimate of drug-likeness (QED) is 0.534. The lowest BCUT2D eigenvalue weighted by Gasteiger charge is -2.38. The first-order valence-electron chi connectivity index (χ1n) is 10.6. The normalized spacial score (nSPS) is 19.6. The molecule has 1 aliphatic heterocycles. The molecule has 0 saturated carbocycles. The second kappa shape index (κ2) is 8.33. The van der Waals surface area contributed by atoms with Crippen LogP contribution in [0.4, 0.5) is 0 Å². The first kappa shape index (κ1) is 25.0. The maximum atomic E-state index is 6.62. The number of aryl methyl sites for hydroxylation is 1. The van der Waals surface area contributed by atoms with Crippen LogP contribution in [0.2, 0.25) is 51.9 Å². The van der Waals surface area contributed by atoms with Crippen molar-refractivity contribution < 1.29 is 17.5 Å². The molecule has 0 amide bonds. The lowest BCUT2D eigenvalue weighted by atomic mass is 9.79. The van der Waals surface area contributed by atoms with Gasteiger partial charge in [-0.3, -0.25) is 4.98 Å². The van der Waals surface area contributed by atoms with E-state index in [0.29, 0.717) is 0 Å². The molecule has 2 rings (SSSR count). The van der Waals surface area contributed by atoms with Crippen LogP contribution in [0.1, 0.15) is 33.4 Å². The summed E-state index contributed by atoms with van der Waals surface area (Å²) in [5.74, 6) is 0. The Morgan fingerprint density at radius 1 is 0.897 bits per heavy atom. The molecule has 0 N–H and O–H groups in total. The van der Waals surface area contributed by atoms with Crippen molar-refractivity contribution >= 4 is 37.8 Å². The predicted molar refractivity (Wildman–Crippen MR) is 129 cm³/mol. The third-order valence-electron chi connectivity index (χ3n) is 5.25. The third-order valence-corrected chi connectivity index (χ3v) is 14.8. The zero-order chi connectivity index (χ0) is 22.3. The van der Waals surface area contributed by atoms with Crippen molar-refractivity contribution in [2.24, 2.45) is 0 Å². The highest BCUT2D eigenvalue weighted by atomic mass is 28.5. The predicted octanol–water partition coefficient (Wildman–Crippen LogP) is 4.70. The van der Waals surface area contributed by atoms with Gasteiger partial charge in [-0.25, -0.2) is 0 Å². The summed E-state index contributed by atoms with van der Waals surface area (Å²) in [6, 6.07) is 5.00. The molecule has 9 heteroatoms. The summed E-state index contributed by atoms with van der Waals surface area (Å²) in [7, 11) is -6.03. The number of hydrogen-bond acceptors (Lipinski definition) is 5. The van der Waals surface area contributed by atoms with Crippen molar-refractivity contribution in [2.75, 3.05) is 0 Å². The lowest BCUT2D eigenvalue weighted by molar-refractivity contribution is 0.00578. The van der Waals surface area contributed by atoms with Gasteiger partial charge in [0.1, 0.15) is 0 Å². The van der Waals surface area contributed by atoms with E-state index in [1.54, 1.807) is 0 Å². The van der Waals surface area contributed by atoms with Crippen LogP contribution in [0.3, 0.4) is 0 Å². The molecular weight excluding hydrogens is 413 g/mol. The lowest BCUT2D eigenvalue weighted by Crippen LogP contribution is -2.52. The molecule has 1 aromatic rings. The second-order valence-corrected chi connectivity index (χ2v) is 24.1. The Hall–Kier alpha value is -0.294. The van der Waals surface area contributed by atoms with E-state index in [1.807, 2.05) is 12.3 Å². The molecule has 0 radical (unpaired) electrons. The highest BCUT2D eigenvalue weighted by Gasteiger charge is 2.51. The van der Waals surface area contributed by atoms with Gasteiger partial charge in [-0.15, -0.1) is 0 Å². The molecule has 0 unspecified atom stereocenters. The number of hydrogen-bond donors (Lipinski definition) is 0. The standard InChI is InChI=1S/C20H40BNO4Si3/c1-19(2)20(3,4)24-21(23-19)17-12-14-22-18(16-17)13-15-29(11,25-27(5,6)7)26-28(8,9)10/h12,14,16H,13,15H2,1-11H3. The molecule has 0 bridgehead atoms. The molecule has 1 fully saturated rings. The molecule has 1 saturated heterocycles. The molecule has 2 heterocycles. The average molecular weight is 454 g/mol. The van der Waals surface area contributed by atoms with Gasteiger partial charge >= 0.3 is 15.7 Å². The van der Waals surface area contributed by atoms with E-state index in [0.717, 1.165) is 23.6 Å². The minimum atomic E-state index is -2.28. The van der Waals surface area contributed by atoms with Crippen molar-refractivity contribution in [3.8, 4) is 0 Å². The Bertz CT molecular complexity index is 684. The van der Waals surface area contributed by atoms with E-state index in [4.69, 9.17) is 17.5 Å². The monoisotopic (exact) mass is 453 g/mol. The summed E-state index contributed by atoms with van der Waals surface area (Å²) in [5, 5.41) is 0. The summed E-state index contributed by atoms with van der Waals surface area (Å²) in [6.07, 6.45) is 2.69. The number of aromatic nitrogens is 1. The fourth-order valence-corrected chi connectivity index (χ4v) is 16.0. The van der Waals surface area contributed by atoms with Gasteiger partial charge in [0.05, 0.1) is 11.2 Å². The second-order valence-electron chi connectivity index (χ2n) is 11.2. The SMILES string of the molecule is CC1(C)OB(c2ccnc(CC[Si](C)(O[Si](C)(C)C)O[Si](C)(C)C)c2)OC1(C)C. The minimum absolute atomic E-state index is 0.344. The summed E-state index contributed by atoms with van der Waals surface area (Å²) in [5.41, 5.74) is 1.37. The van der Waals surface area contributed by atoms with Crippen molar-refractivity contribution in [2.45, 2.75) is 97.2 Å². The molecular formula is C20H40BNO4Si3. The Balaban J connectivity index is 2.14. The Morgan fingerprint density at radius 2 is 1.38 bits per heavy atom. The molecule has 1 aromatic heterocycles. The molecule has 0 atom stereocenters.